The molecule has 12 heteroatoms. The number of nitrogens with one attached hydrogen (secondary N) is 1. The molecule has 0 bridgehead atoms. The number of nitriles is 1. The first-order chi connectivity index (χ1) is 14.9. The van der Waals surface area contributed by atoms with E-state index in [1.54, 1.807) is 6.92 Å². The molecule has 0 fully saturated rings. The van der Waals surface area contributed by atoms with Crippen molar-refractivity contribution in [3.8, 4) is 6.07 Å². The molecule has 0 radical (unpaired) electrons. The summed E-state index contributed by atoms with van der Waals surface area (Å²) in [6.07, 6.45) is 1.23. The Balaban J connectivity index is 2.00. The van der Waals surface area contributed by atoms with E-state index in [1.807, 2.05) is 6.07 Å². The Morgan fingerprint density at radius 2 is 2.06 bits per heavy atom. The fourth-order valence-corrected chi connectivity index (χ4v) is 5.11. The lowest BCUT2D eigenvalue weighted by molar-refractivity contribution is 0.102. The smallest absolute Gasteiger partial charge is 0.275 e. The second-order valence-electron chi connectivity index (χ2n) is 7.88. The van der Waals surface area contributed by atoms with Crippen LogP contribution in [0.1, 0.15) is 41.2 Å². The van der Waals surface area contributed by atoms with Crippen LogP contribution in [0.4, 0.5) is 14.6 Å². The number of aryl methyl sites for hydroxylation is 1. The van der Waals surface area contributed by atoms with Crippen LogP contribution in [0.5, 0.6) is 0 Å². The lowest BCUT2D eigenvalue weighted by Gasteiger charge is -2.37. The van der Waals surface area contributed by atoms with Crippen LogP contribution in [0.25, 0.3) is 0 Å². The van der Waals surface area contributed by atoms with Crippen molar-refractivity contribution in [2.45, 2.75) is 31.1 Å². The van der Waals surface area contributed by atoms with Crippen LogP contribution in [0.2, 0.25) is 0 Å². The number of hydrogen-bond donors (Lipinski definition) is 2. The third-order valence-electron chi connectivity index (χ3n) is 5.34. The molecule has 0 aliphatic carbocycles. The normalized spacial score (nSPS) is 24.3. The van der Waals surface area contributed by atoms with E-state index in [1.165, 1.54) is 25.3 Å². The van der Waals surface area contributed by atoms with Crippen molar-refractivity contribution < 1.29 is 22.0 Å². The van der Waals surface area contributed by atoms with Crippen LogP contribution >= 0.6 is 0 Å². The summed E-state index contributed by atoms with van der Waals surface area (Å²) in [4.78, 5) is 24.7. The van der Waals surface area contributed by atoms with Crippen molar-refractivity contribution in [3.05, 3.63) is 52.7 Å². The molecular weight excluding hydrogens is 442 g/mol. The van der Waals surface area contributed by atoms with E-state index in [0.29, 0.717) is 5.56 Å². The van der Waals surface area contributed by atoms with Gasteiger partial charge in [-0.15, -0.1) is 0 Å². The third kappa shape index (κ3) is 3.80. The average Bonchev–Trinajstić information content (AvgIpc) is 2.72. The number of halogens is 2. The number of alkyl halides is 1. The van der Waals surface area contributed by atoms with Crippen molar-refractivity contribution in [1.82, 2.24) is 9.97 Å². The standard InChI is InChI=1S/C20H20F2N6O3S/c1-11-6-12(7-23)8-25-15(11)17(29)27-14-5-4-13(22)16(26-14)19(2)10-32(30,31)20(3,9-21)18(24)28-19/h4-6,8H,9-10H2,1-3H3,(H2,24,28)(H,26,27,29)/t19-,20+/m0/s1. The van der Waals surface area contributed by atoms with Gasteiger partial charge in [-0.1, -0.05) is 0 Å². The van der Waals surface area contributed by atoms with Gasteiger partial charge in [0.25, 0.3) is 5.91 Å². The van der Waals surface area contributed by atoms with Gasteiger partial charge in [0.1, 0.15) is 47.1 Å². The first-order valence-corrected chi connectivity index (χ1v) is 11.0. The van der Waals surface area contributed by atoms with Crippen molar-refractivity contribution >= 4 is 27.4 Å². The summed E-state index contributed by atoms with van der Waals surface area (Å²) in [5, 5.41) is 11.4. The quantitative estimate of drug-likeness (QED) is 0.703. The van der Waals surface area contributed by atoms with Gasteiger partial charge in [-0.2, -0.15) is 5.26 Å². The number of hydrogen-bond acceptors (Lipinski definition) is 8. The number of nitrogens with zero attached hydrogens (tertiary/aromatic N) is 4. The Morgan fingerprint density at radius 1 is 1.38 bits per heavy atom. The molecule has 0 unspecified atom stereocenters. The summed E-state index contributed by atoms with van der Waals surface area (Å²) >= 11 is 0. The van der Waals surface area contributed by atoms with Crippen molar-refractivity contribution in [1.29, 1.82) is 5.26 Å². The molecule has 3 rings (SSSR count). The number of aromatic nitrogens is 2. The predicted octanol–water partition coefficient (Wildman–Crippen LogP) is 1.78. The molecule has 0 aromatic carbocycles. The Bertz CT molecular complexity index is 1290. The van der Waals surface area contributed by atoms with Crippen molar-refractivity contribution in [2.75, 3.05) is 17.7 Å². The number of aliphatic imine (C=N–C) groups is 1. The van der Waals surface area contributed by atoms with Crippen molar-refractivity contribution in [3.63, 3.8) is 0 Å². The zero-order chi connectivity index (χ0) is 23.9. The fourth-order valence-electron chi connectivity index (χ4n) is 3.32. The number of amidine groups is 1. The maximum atomic E-state index is 14.7. The van der Waals surface area contributed by atoms with Gasteiger partial charge in [0.2, 0.25) is 0 Å². The molecular formula is C20H20F2N6O3S. The molecule has 32 heavy (non-hydrogen) atoms. The fraction of sp³-hybridized carbons (Fsp3) is 0.350. The first kappa shape index (κ1) is 23.2. The van der Waals surface area contributed by atoms with Gasteiger partial charge in [-0.25, -0.2) is 27.2 Å². The Labute approximate surface area is 183 Å². The largest absolute Gasteiger partial charge is 0.386 e. The first-order valence-electron chi connectivity index (χ1n) is 9.36. The maximum absolute atomic E-state index is 14.7. The monoisotopic (exact) mass is 462 g/mol. The number of rotatable bonds is 4. The highest BCUT2D eigenvalue weighted by molar-refractivity contribution is 7.93. The minimum Gasteiger partial charge on any atom is -0.386 e. The van der Waals surface area contributed by atoms with Gasteiger partial charge in [0.15, 0.2) is 14.6 Å². The second-order valence-corrected chi connectivity index (χ2v) is 10.3. The van der Waals surface area contributed by atoms with E-state index < -0.39 is 50.1 Å². The number of anilines is 1. The van der Waals surface area contributed by atoms with Crippen LogP contribution in [0, 0.1) is 24.1 Å². The van der Waals surface area contributed by atoms with Gasteiger partial charge in [-0.3, -0.25) is 9.79 Å². The highest BCUT2D eigenvalue weighted by atomic mass is 32.2. The molecule has 168 valence electrons. The second kappa shape index (κ2) is 7.90. The molecule has 0 saturated heterocycles. The maximum Gasteiger partial charge on any atom is 0.275 e. The number of carbonyl (C=O) groups excluding carboxylic acids is 1. The highest BCUT2D eigenvalue weighted by Gasteiger charge is 2.53. The predicted molar refractivity (Wildman–Crippen MR) is 113 cm³/mol. The number of pyridine rings is 2. The summed E-state index contributed by atoms with van der Waals surface area (Å²) in [5.41, 5.74) is 4.43. The number of amides is 1. The third-order valence-corrected chi connectivity index (χ3v) is 7.97. The van der Waals surface area contributed by atoms with Gasteiger partial charge < -0.3 is 11.1 Å². The van der Waals surface area contributed by atoms with Crippen LogP contribution in [0.3, 0.4) is 0 Å². The molecule has 2 aromatic rings. The molecule has 1 amide bonds. The summed E-state index contributed by atoms with van der Waals surface area (Å²) in [5.74, 6) is -2.82. The SMILES string of the molecule is Cc1cc(C#N)cnc1C(=O)Nc1ccc(F)c([C@]2(C)CS(=O)(=O)[C@](C)(CF)C(N)=N2)n1. The average molecular weight is 462 g/mol. The summed E-state index contributed by atoms with van der Waals surface area (Å²) in [6.45, 7) is 2.76. The Morgan fingerprint density at radius 3 is 2.62 bits per heavy atom. The van der Waals surface area contributed by atoms with Gasteiger partial charge in [0.05, 0.1) is 11.3 Å². The van der Waals surface area contributed by atoms with E-state index in [0.717, 1.165) is 13.0 Å². The minimum atomic E-state index is -4.15. The minimum absolute atomic E-state index is 0.0316. The summed E-state index contributed by atoms with van der Waals surface area (Å²) < 4.78 is 51.6. The number of carbonyl (C=O) groups is 1. The zero-order valence-electron chi connectivity index (χ0n) is 17.5. The van der Waals surface area contributed by atoms with Crippen molar-refractivity contribution in [2.24, 2.45) is 10.7 Å². The zero-order valence-corrected chi connectivity index (χ0v) is 18.3. The van der Waals surface area contributed by atoms with E-state index in [9.17, 15) is 22.0 Å². The summed E-state index contributed by atoms with van der Waals surface area (Å²) in [7, 11) is -4.15. The van der Waals surface area contributed by atoms with E-state index >= 15 is 0 Å². The molecule has 2 aromatic heterocycles. The topological polar surface area (TPSA) is 151 Å². The number of nitrogens with two attached hydrogens (primary N) is 1. The molecule has 2 atom stereocenters. The lowest BCUT2D eigenvalue weighted by Crippen LogP contribution is -2.58. The molecule has 0 spiro atoms. The van der Waals surface area contributed by atoms with E-state index in [4.69, 9.17) is 11.0 Å². The molecule has 0 saturated carbocycles. The van der Waals surface area contributed by atoms with Crippen LogP contribution < -0.4 is 11.1 Å². The molecule has 3 heterocycles. The van der Waals surface area contributed by atoms with Crippen LogP contribution in [0.15, 0.2) is 29.4 Å². The molecule has 3 N–H and O–H groups in total. The van der Waals surface area contributed by atoms with Crippen LogP contribution in [-0.4, -0.2) is 47.3 Å². The van der Waals surface area contributed by atoms with Crippen LogP contribution in [-0.2, 0) is 15.4 Å². The Hall–Kier alpha value is -3.46. The Kier molecular flexibility index (Phi) is 5.73. The van der Waals surface area contributed by atoms with E-state index in [2.05, 4.69) is 20.3 Å². The van der Waals surface area contributed by atoms with Gasteiger partial charge in [0, 0.05) is 6.20 Å². The number of sulfone groups is 1. The molecule has 9 nitrogen and oxygen atoms in total. The van der Waals surface area contributed by atoms with Gasteiger partial charge in [-0.05, 0) is 44.5 Å². The molecule has 1 aliphatic heterocycles. The highest BCUT2D eigenvalue weighted by Crippen LogP contribution is 2.37. The molecule has 1 aliphatic rings. The lowest BCUT2D eigenvalue weighted by atomic mass is 9.98. The van der Waals surface area contributed by atoms with Gasteiger partial charge >= 0.3 is 0 Å². The van der Waals surface area contributed by atoms with E-state index in [-0.39, 0.29) is 22.8 Å². The summed E-state index contributed by atoms with van der Waals surface area (Å²) in [6, 6.07) is 5.59.